The van der Waals surface area contributed by atoms with Crippen molar-refractivity contribution in [1.29, 1.82) is 0 Å². The lowest BCUT2D eigenvalue weighted by molar-refractivity contribution is -0.115. The fourth-order valence-corrected chi connectivity index (χ4v) is 2.97. The second-order valence-corrected chi connectivity index (χ2v) is 6.03. The molecule has 0 aliphatic rings. The number of nitrogens with zero attached hydrogens (tertiary/aromatic N) is 2. The normalized spacial score (nSPS) is 12.2. The van der Waals surface area contributed by atoms with Crippen molar-refractivity contribution in [2.45, 2.75) is 23.8 Å². The molecule has 3 aromatic rings. The molecule has 23 heavy (non-hydrogen) atoms. The molecule has 0 saturated carbocycles. The molecule has 1 amide bonds. The molecule has 0 spiro atoms. The monoisotopic (exact) mass is 329 g/mol. The van der Waals surface area contributed by atoms with Crippen molar-refractivity contribution in [1.82, 2.24) is 19.9 Å². The van der Waals surface area contributed by atoms with Crippen molar-refractivity contribution >= 4 is 34.5 Å². The first-order valence-electron chi connectivity index (χ1n) is 7.13. The summed E-state index contributed by atoms with van der Waals surface area (Å²) in [5.74, 6) is -0.131. The summed E-state index contributed by atoms with van der Waals surface area (Å²) < 4.78 is 0. The molecule has 0 bridgehead atoms. The van der Waals surface area contributed by atoms with Gasteiger partial charge >= 0.3 is 0 Å². The fraction of sp³-hybridized carbons (Fsp3) is 0.200. The number of H-pyrrole nitrogens is 2. The zero-order valence-corrected chi connectivity index (χ0v) is 13.2. The van der Waals surface area contributed by atoms with Crippen molar-refractivity contribution in [3.8, 4) is 0 Å². The first-order valence-corrected chi connectivity index (χ1v) is 8.01. The molecular formula is C15H15N5O2S. The Balaban J connectivity index is 1.77. The van der Waals surface area contributed by atoms with Gasteiger partial charge in [0.2, 0.25) is 5.91 Å². The molecule has 0 fully saturated rings. The van der Waals surface area contributed by atoms with Gasteiger partial charge in [-0.15, -0.1) is 0 Å². The fourth-order valence-electron chi connectivity index (χ4n) is 2.08. The molecule has 118 valence electrons. The van der Waals surface area contributed by atoms with Crippen molar-refractivity contribution in [2.75, 3.05) is 5.32 Å². The van der Waals surface area contributed by atoms with E-state index >= 15 is 0 Å². The average Bonchev–Trinajstić information content (AvgIpc) is 3.02. The minimum atomic E-state index is -0.366. The summed E-state index contributed by atoms with van der Waals surface area (Å²) in [6, 6.07) is 9.24. The van der Waals surface area contributed by atoms with Crippen molar-refractivity contribution in [2.24, 2.45) is 0 Å². The highest BCUT2D eigenvalue weighted by Gasteiger charge is 2.20. The number of thioether (sulfide) groups is 1. The van der Waals surface area contributed by atoms with Crippen LogP contribution in [0.15, 0.2) is 46.6 Å². The smallest absolute Gasteiger partial charge is 0.277 e. The number of hydrogen-bond donors (Lipinski definition) is 3. The van der Waals surface area contributed by atoms with E-state index < -0.39 is 0 Å². The van der Waals surface area contributed by atoms with Gasteiger partial charge in [0.25, 0.3) is 5.56 Å². The lowest BCUT2D eigenvalue weighted by Crippen LogP contribution is -2.25. The molecule has 8 heteroatoms. The van der Waals surface area contributed by atoms with Crippen molar-refractivity contribution in [3.05, 3.63) is 47.0 Å². The minimum absolute atomic E-state index is 0.131. The Morgan fingerprint density at radius 2 is 2.13 bits per heavy atom. The van der Waals surface area contributed by atoms with Gasteiger partial charge in [-0.05, 0) is 18.6 Å². The third-order valence-corrected chi connectivity index (χ3v) is 4.48. The molecular weight excluding hydrogens is 314 g/mol. The second-order valence-electron chi connectivity index (χ2n) is 4.84. The van der Waals surface area contributed by atoms with Gasteiger partial charge in [0, 0.05) is 5.69 Å². The van der Waals surface area contributed by atoms with E-state index in [2.05, 4.69) is 25.3 Å². The largest absolute Gasteiger partial charge is 0.339 e. The van der Waals surface area contributed by atoms with Gasteiger partial charge in [-0.3, -0.25) is 14.6 Å². The van der Waals surface area contributed by atoms with E-state index in [1.165, 1.54) is 18.1 Å². The van der Waals surface area contributed by atoms with Crippen LogP contribution in [0.1, 0.15) is 13.3 Å². The molecule has 1 aromatic carbocycles. The first kappa shape index (κ1) is 15.3. The highest BCUT2D eigenvalue weighted by molar-refractivity contribution is 8.00. The number of nitrogens with one attached hydrogen (secondary N) is 3. The van der Waals surface area contributed by atoms with Crippen LogP contribution in [0.2, 0.25) is 0 Å². The molecule has 0 aliphatic heterocycles. The molecule has 3 N–H and O–H groups in total. The number of aromatic nitrogens is 4. The van der Waals surface area contributed by atoms with Crippen LogP contribution in [0.3, 0.4) is 0 Å². The van der Waals surface area contributed by atoms with E-state index in [1.807, 2.05) is 37.3 Å². The Hall–Kier alpha value is -2.61. The molecule has 3 rings (SSSR count). The van der Waals surface area contributed by atoms with Gasteiger partial charge in [-0.1, -0.05) is 36.9 Å². The Labute approximate surface area is 135 Å². The third-order valence-electron chi connectivity index (χ3n) is 3.23. The van der Waals surface area contributed by atoms with Gasteiger partial charge in [-0.25, -0.2) is 9.97 Å². The Morgan fingerprint density at radius 3 is 2.87 bits per heavy atom. The molecule has 0 radical (unpaired) electrons. The second kappa shape index (κ2) is 6.66. The number of benzene rings is 1. The van der Waals surface area contributed by atoms with Crippen LogP contribution in [-0.2, 0) is 4.79 Å². The number of amides is 1. The van der Waals surface area contributed by atoms with Crippen molar-refractivity contribution < 1.29 is 4.79 Å². The first-order chi connectivity index (χ1) is 11.2. The quantitative estimate of drug-likeness (QED) is 0.491. The topological polar surface area (TPSA) is 104 Å². The standard InChI is InChI=1S/C15H15N5O2S/c1-2-10(13(21)18-9-6-4-3-5-7-9)23-15-19-12-11(14(22)20-15)16-8-17-12/h3-8,10H,2H2,1H3,(H,18,21)(H2,16,17,19,20,22). The maximum Gasteiger partial charge on any atom is 0.277 e. The summed E-state index contributed by atoms with van der Waals surface area (Å²) in [6.45, 7) is 1.91. The lowest BCUT2D eigenvalue weighted by Gasteiger charge is -2.13. The third kappa shape index (κ3) is 3.42. The molecule has 2 heterocycles. The van der Waals surface area contributed by atoms with E-state index in [0.29, 0.717) is 22.7 Å². The SMILES string of the molecule is CCC(Sc1nc2nc[nH]c2c(=O)[nH]1)C(=O)Nc1ccccc1. The number of fused-ring (bicyclic) bond motifs is 1. The summed E-state index contributed by atoms with van der Waals surface area (Å²) >= 11 is 1.22. The van der Waals surface area contributed by atoms with E-state index in [1.54, 1.807) is 0 Å². The van der Waals surface area contributed by atoms with E-state index in [4.69, 9.17) is 0 Å². The molecule has 0 saturated heterocycles. The molecule has 7 nitrogen and oxygen atoms in total. The Morgan fingerprint density at radius 1 is 1.35 bits per heavy atom. The van der Waals surface area contributed by atoms with Crippen LogP contribution in [0, 0.1) is 0 Å². The number of anilines is 1. The highest BCUT2D eigenvalue weighted by atomic mass is 32.2. The number of carbonyl (C=O) groups excluding carboxylic acids is 1. The number of hydrogen-bond acceptors (Lipinski definition) is 5. The lowest BCUT2D eigenvalue weighted by atomic mass is 10.3. The zero-order valence-electron chi connectivity index (χ0n) is 12.4. The average molecular weight is 329 g/mol. The molecule has 2 aromatic heterocycles. The summed E-state index contributed by atoms with van der Waals surface area (Å²) in [5, 5.41) is 2.87. The van der Waals surface area contributed by atoms with Crippen LogP contribution < -0.4 is 10.9 Å². The molecule has 0 aliphatic carbocycles. The van der Waals surface area contributed by atoms with E-state index in [-0.39, 0.29) is 16.7 Å². The zero-order chi connectivity index (χ0) is 16.2. The van der Waals surface area contributed by atoms with E-state index in [0.717, 1.165) is 5.69 Å². The van der Waals surface area contributed by atoms with Crippen LogP contribution in [-0.4, -0.2) is 31.1 Å². The predicted octanol–water partition coefficient (Wildman–Crippen LogP) is 2.16. The van der Waals surface area contributed by atoms with Crippen LogP contribution in [0.5, 0.6) is 0 Å². The predicted molar refractivity (Wildman–Crippen MR) is 89.5 cm³/mol. The van der Waals surface area contributed by atoms with Crippen molar-refractivity contribution in [3.63, 3.8) is 0 Å². The number of para-hydroxylation sites is 1. The molecule has 1 unspecified atom stereocenters. The van der Waals surface area contributed by atoms with Gasteiger partial charge in [-0.2, -0.15) is 0 Å². The molecule has 1 atom stereocenters. The number of imidazole rings is 1. The minimum Gasteiger partial charge on any atom is -0.339 e. The van der Waals surface area contributed by atoms with Gasteiger partial charge in [0.05, 0.1) is 11.6 Å². The highest BCUT2D eigenvalue weighted by Crippen LogP contribution is 2.23. The summed E-state index contributed by atoms with van der Waals surface area (Å²) in [4.78, 5) is 37.9. The van der Waals surface area contributed by atoms with E-state index in [9.17, 15) is 9.59 Å². The summed E-state index contributed by atoms with van der Waals surface area (Å²) in [7, 11) is 0. The number of carbonyl (C=O) groups is 1. The van der Waals surface area contributed by atoms with Crippen LogP contribution in [0.25, 0.3) is 11.2 Å². The van der Waals surface area contributed by atoms with Crippen LogP contribution in [0.4, 0.5) is 5.69 Å². The van der Waals surface area contributed by atoms with Crippen LogP contribution >= 0.6 is 11.8 Å². The van der Waals surface area contributed by atoms with Gasteiger partial charge < -0.3 is 10.3 Å². The number of aromatic amines is 2. The Bertz CT molecular complexity index is 874. The summed E-state index contributed by atoms with van der Waals surface area (Å²) in [6.07, 6.45) is 2.02. The summed E-state index contributed by atoms with van der Waals surface area (Å²) in [5.41, 5.74) is 1.11. The Kier molecular flexibility index (Phi) is 4.42. The van der Waals surface area contributed by atoms with Gasteiger partial charge in [0.15, 0.2) is 16.3 Å². The maximum atomic E-state index is 12.4. The maximum absolute atomic E-state index is 12.4. The number of rotatable bonds is 5. The van der Waals surface area contributed by atoms with Gasteiger partial charge in [0.1, 0.15) is 0 Å².